The van der Waals surface area contributed by atoms with Crippen LogP contribution in [-0.4, -0.2) is 12.6 Å². The zero-order valence-electron chi connectivity index (χ0n) is 11.2. The fraction of sp³-hybridized carbons (Fsp3) is 0.462. The molecule has 0 atom stereocenters. The van der Waals surface area contributed by atoms with Crippen LogP contribution in [0.5, 0.6) is 0 Å². The topological polar surface area (TPSA) is 67.2 Å². The number of nitrogens with one attached hydrogen (secondary N) is 2. The molecule has 7 heteroatoms. The maximum atomic E-state index is 12.8. The third-order valence-electron chi connectivity index (χ3n) is 2.71. The number of carbonyl (C=O) groups is 1. The molecule has 0 aliphatic carbocycles. The molecule has 0 bridgehead atoms. The summed E-state index contributed by atoms with van der Waals surface area (Å²) in [5, 5.41) is 4.94. The van der Waals surface area contributed by atoms with E-state index in [-0.39, 0.29) is 17.8 Å². The van der Waals surface area contributed by atoms with E-state index in [1.54, 1.807) is 0 Å². The Kier molecular flexibility index (Phi) is 5.82. The second-order valence-electron chi connectivity index (χ2n) is 4.31. The van der Waals surface area contributed by atoms with E-state index in [1.165, 1.54) is 12.1 Å². The number of rotatable bonds is 5. The molecule has 0 fully saturated rings. The average Bonchev–Trinajstić information content (AvgIpc) is 2.38. The van der Waals surface area contributed by atoms with Gasteiger partial charge < -0.3 is 16.4 Å². The normalized spacial score (nSPS) is 11.2. The first kappa shape index (κ1) is 16.3. The SMILES string of the molecule is CCCCNC(=O)Nc1ccc(CN)c(C(F)(F)F)c1. The van der Waals surface area contributed by atoms with Crippen molar-refractivity contribution in [3.63, 3.8) is 0 Å². The molecule has 0 radical (unpaired) electrons. The van der Waals surface area contributed by atoms with Gasteiger partial charge in [0.2, 0.25) is 0 Å². The summed E-state index contributed by atoms with van der Waals surface area (Å²) in [6.45, 7) is 2.24. The Labute approximate surface area is 115 Å². The van der Waals surface area contributed by atoms with Crippen molar-refractivity contribution in [2.75, 3.05) is 11.9 Å². The van der Waals surface area contributed by atoms with Crippen LogP contribution in [0.1, 0.15) is 30.9 Å². The summed E-state index contributed by atoms with van der Waals surface area (Å²) in [7, 11) is 0. The number of anilines is 1. The molecular weight excluding hydrogens is 271 g/mol. The summed E-state index contributed by atoms with van der Waals surface area (Å²) in [5.41, 5.74) is 4.53. The molecule has 4 N–H and O–H groups in total. The van der Waals surface area contributed by atoms with Crippen molar-refractivity contribution >= 4 is 11.7 Å². The molecule has 0 saturated heterocycles. The van der Waals surface area contributed by atoms with Gasteiger partial charge in [-0.25, -0.2) is 4.79 Å². The lowest BCUT2D eigenvalue weighted by Gasteiger charge is -2.14. The summed E-state index contributed by atoms with van der Waals surface area (Å²) >= 11 is 0. The van der Waals surface area contributed by atoms with Crippen molar-refractivity contribution in [1.29, 1.82) is 0 Å². The molecule has 112 valence electrons. The van der Waals surface area contributed by atoms with Crippen molar-refractivity contribution in [3.8, 4) is 0 Å². The molecule has 2 amide bonds. The number of unbranched alkanes of at least 4 members (excludes halogenated alkanes) is 1. The number of hydrogen-bond acceptors (Lipinski definition) is 2. The van der Waals surface area contributed by atoms with Crippen LogP contribution in [0.4, 0.5) is 23.7 Å². The van der Waals surface area contributed by atoms with E-state index in [0.29, 0.717) is 6.54 Å². The van der Waals surface area contributed by atoms with Gasteiger partial charge in [0.05, 0.1) is 5.56 Å². The van der Waals surface area contributed by atoms with Crippen molar-refractivity contribution in [2.24, 2.45) is 5.73 Å². The molecule has 0 unspecified atom stereocenters. The van der Waals surface area contributed by atoms with Gasteiger partial charge in [0.1, 0.15) is 0 Å². The number of amides is 2. The highest BCUT2D eigenvalue weighted by molar-refractivity contribution is 5.89. The Balaban J connectivity index is 2.79. The molecule has 1 aromatic carbocycles. The van der Waals surface area contributed by atoms with Crippen molar-refractivity contribution in [3.05, 3.63) is 29.3 Å². The van der Waals surface area contributed by atoms with Gasteiger partial charge in [-0.05, 0) is 24.1 Å². The minimum absolute atomic E-state index is 0.00515. The van der Waals surface area contributed by atoms with Gasteiger partial charge in [-0.15, -0.1) is 0 Å². The number of carbonyl (C=O) groups excluding carboxylic acids is 1. The van der Waals surface area contributed by atoms with E-state index in [4.69, 9.17) is 5.73 Å². The third-order valence-corrected chi connectivity index (χ3v) is 2.71. The number of hydrogen-bond donors (Lipinski definition) is 3. The van der Waals surface area contributed by atoms with Crippen molar-refractivity contribution in [1.82, 2.24) is 5.32 Å². The van der Waals surface area contributed by atoms with Gasteiger partial charge in [0, 0.05) is 18.8 Å². The Morgan fingerprint density at radius 3 is 2.60 bits per heavy atom. The minimum Gasteiger partial charge on any atom is -0.338 e. The first-order valence-corrected chi connectivity index (χ1v) is 6.33. The van der Waals surface area contributed by atoms with Gasteiger partial charge in [0.15, 0.2) is 0 Å². The van der Waals surface area contributed by atoms with Crippen LogP contribution in [0.2, 0.25) is 0 Å². The second kappa shape index (κ2) is 7.14. The van der Waals surface area contributed by atoms with Crippen LogP contribution < -0.4 is 16.4 Å². The predicted molar refractivity (Wildman–Crippen MR) is 71.3 cm³/mol. The van der Waals surface area contributed by atoms with Gasteiger partial charge in [-0.2, -0.15) is 13.2 Å². The quantitative estimate of drug-likeness (QED) is 0.729. The molecule has 0 aromatic heterocycles. The first-order chi connectivity index (χ1) is 9.38. The number of halogens is 3. The highest BCUT2D eigenvalue weighted by Crippen LogP contribution is 2.33. The number of urea groups is 1. The summed E-state index contributed by atoms with van der Waals surface area (Å²) < 4.78 is 38.5. The monoisotopic (exact) mass is 289 g/mol. The highest BCUT2D eigenvalue weighted by Gasteiger charge is 2.33. The van der Waals surface area contributed by atoms with Crippen LogP contribution in [-0.2, 0) is 12.7 Å². The zero-order chi connectivity index (χ0) is 15.2. The Morgan fingerprint density at radius 2 is 2.05 bits per heavy atom. The number of benzene rings is 1. The molecule has 0 aliphatic rings. The standard InChI is InChI=1S/C13H18F3N3O/c1-2-3-6-18-12(20)19-10-5-4-9(8-17)11(7-10)13(14,15)16/h4-5,7H,2-3,6,8,17H2,1H3,(H2,18,19,20). The molecule has 20 heavy (non-hydrogen) atoms. The van der Waals surface area contributed by atoms with Gasteiger partial charge in [-0.1, -0.05) is 19.4 Å². The third kappa shape index (κ3) is 4.73. The smallest absolute Gasteiger partial charge is 0.338 e. The fourth-order valence-corrected chi connectivity index (χ4v) is 1.65. The van der Waals surface area contributed by atoms with Gasteiger partial charge in [-0.3, -0.25) is 0 Å². The second-order valence-corrected chi connectivity index (χ2v) is 4.31. The van der Waals surface area contributed by atoms with Gasteiger partial charge in [0.25, 0.3) is 0 Å². The fourth-order valence-electron chi connectivity index (χ4n) is 1.65. The largest absolute Gasteiger partial charge is 0.416 e. The summed E-state index contributed by atoms with van der Waals surface area (Å²) in [4.78, 5) is 11.5. The number of alkyl halides is 3. The van der Waals surface area contributed by atoms with Crippen LogP contribution in [0.25, 0.3) is 0 Å². The van der Waals surface area contributed by atoms with Crippen molar-refractivity contribution in [2.45, 2.75) is 32.5 Å². The zero-order valence-corrected chi connectivity index (χ0v) is 11.2. The lowest BCUT2D eigenvalue weighted by Crippen LogP contribution is -2.29. The Morgan fingerprint density at radius 1 is 1.35 bits per heavy atom. The Bertz CT molecular complexity index is 461. The lowest BCUT2D eigenvalue weighted by atomic mass is 10.1. The maximum Gasteiger partial charge on any atom is 0.416 e. The molecule has 1 rings (SSSR count). The van der Waals surface area contributed by atoms with E-state index < -0.39 is 17.8 Å². The van der Waals surface area contributed by atoms with Crippen LogP contribution in [0.3, 0.4) is 0 Å². The molecule has 0 heterocycles. The van der Waals surface area contributed by atoms with Crippen LogP contribution >= 0.6 is 0 Å². The average molecular weight is 289 g/mol. The number of nitrogens with two attached hydrogens (primary N) is 1. The maximum absolute atomic E-state index is 12.8. The Hall–Kier alpha value is -1.76. The molecule has 0 aliphatic heterocycles. The van der Waals surface area contributed by atoms with E-state index in [1.807, 2.05) is 6.92 Å². The van der Waals surface area contributed by atoms with E-state index in [2.05, 4.69) is 10.6 Å². The first-order valence-electron chi connectivity index (χ1n) is 6.33. The predicted octanol–water partition coefficient (Wildman–Crippen LogP) is 3.09. The molecular formula is C13H18F3N3O. The summed E-state index contributed by atoms with van der Waals surface area (Å²) in [6.07, 6.45) is -2.76. The molecule has 1 aromatic rings. The van der Waals surface area contributed by atoms with E-state index in [9.17, 15) is 18.0 Å². The summed E-state index contributed by atoms with van der Waals surface area (Å²) in [6, 6.07) is 3.04. The minimum atomic E-state index is -4.49. The molecule has 0 spiro atoms. The lowest BCUT2D eigenvalue weighted by molar-refractivity contribution is -0.138. The summed E-state index contributed by atoms with van der Waals surface area (Å²) in [5.74, 6) is 0. The van der Waals surface area contributed by atoms with Crippen LogP contribution in [0.15, 0.2) is 18.2 Å². The highest BCUT2D eigenvalue weighted by atomic mass is 19.4. The van der Waals surface area contributed by atoms with E-state index in [0.717, 1.165) is 18.9 Å². The molecule has 0 saturated carbocycles. The molecule has 4 nitrogen and oxygen atoms in total. The van der Waals surface area contributed by atoms with E-state index >= 15 is 0 Å². The van der Waals surface area contributed by atoms with Crippen molar-refractivity contribution < 1.29 is 18.0 Å². The van der Waals surface area contributed by atoms with Crippen LogP contribution in [0, 0.1) is 0 Å². The van der Waals surface area contributed by atoms with Gasteiger partial charge >= 0.3 is 12.2 Å².